The number of rotatable bonds is 29. The Bertz CT molecular complexity index is 2350. The van der Waals surface area contributed by atoms with Gasteiger partial charge in [0, 0.05) is 19.4 Å². The Hall–Kier alpha value is -6.96. The summed E-state index contributed by atoms with van der Waals surface area (Å²) in [5.74, 6) is -11.3. The normalized spacial score (nSPS) is 22.5. The van der Waals surface area contributed by atoms with Crippen LogP contribution in [0.4, 0.5) is 4.39 Å². The van der Waals surface area contributed by atoms with Crippen LogP contribution in [-0.2, 0) is 59.2 Å². The van der Waals surface area contributed by atoms with Gasteiger partial charge in [0.15, 0.2) is 0 Å². The average molecular weight is 1210 g/mol. The summed E-state index contributed by atoms with van der Waals surface area (Å²) < 4.78 is 15.3. The minimum atomic E-state index is -1.72. The molecule has 12 atom stereocenters. The topological polar surface area (TPSA) is 491 Å². The van der Waals surface area contributed by atoms with Crippen LogP contribution in [0, 0.1) is 11.7 Å². The van der Waals surface area contributed by atoms with Crippen molar-refractivity contribution in [3.05, 3.63) is 35.6 Å². The van der Waals surface area contributed by atoms with E-state index >= 15 is 4.39 Å². The second-order valence-corrected chi connectivity index (χ2v) is 21.6. The van der Waals surface area contributed by atoms with Crippen molar-refractivity contribution in [1.29, 1.82) is 0 Å². The van der Waals surface area contributed by atoms with Gasteiger partial charge in [-0.25, -0.2) is 4.39 Å². The quantitative estimate of drug-likeness (QED) is 0.0333. The van der Waals surface area contributed by atoms with E-state index in [4.69, 9.17) is 28.7 Å². The zero-order valence-electron chi connectivity index (χ0n) is 49.6. The summed E-state index contributed by atoms with van der Waals surface area (Å²) in [6, 6.07) is -10.1. The van der Waals surface area contributed by atoms with Crippen LogP contribution in [-0.4, -0.2) is 187 Å². The van der Waals surface area contributed by atoms with Crippen LogP contribution in [0.25, 0.3) is 0 Å². The molecule has 0 bridgehead atoms. The number of halogens is 1. The van der Waals surface area contributed by atoms with Gasteiger partial charge in [0.25, 0.3) is 0 Å². The van der Waals surface area contributed by atoms with Crippen LogP contribution in [0.1, 0.15) is 124 Å². The molecule has 1 aromatic carbocycles. The lowest BCUT2D eigenvalue weighted by Crippen LogP contribution is -2.62. The van der Waals surface area contributed by atoms with Crippen molar-refractivity contribution in [2.45, 2.75) is 197 Å². The maximum Gasteiger partial charge on any atom is 0.245 e. The molecule has 2 rings (SSSR count). The smallest absolute Gasteiger partial charge is 0.245 e. The third-order valence-electron chi connectivity index (χ3n) is 13.8. The monoisotopic (exact) mass is 1210 g/mol. The van der Waals surface area contributed by atoms with Crippen LogP contribution >= 0.6 is 0 Å². The molecule has 1 aliphatic heterocycles. The molecular weight excluding hydrogens is 1110 g/mol. The first kappa shape index (κ1) is 74.1. The lowest BCUT2D eigenvalue weighted by molar-refractivity contribution is -0.137. The molecule has 1 heterocycles. The lowest BCUT2D eigenvalue weighted by atomic mass is 10.00. The van der Waals surface area contributed by atoms with Crippen molar-refractivity contribution >= 4 is 65.0 Å². The molecule has 1 aromatic rings. The number of benzene rings is 1. The fourth-order valence-corrected chi connectivity index (χ4v) is 9.06. The molecule has 0 saturated carbocycles. The maximum absolute atomic E-state index is 15.3. The van der Waals surface area contributed by atoms with Crippen molar-refractivity contribution < 1.29 is 67.3 Å². The number of aliphatic hydroxyl groups excluding tert-OH is 2. The Morgan fingerprint density at radius 2 is 1.08 bits per heavy atom. The minimum absolute atomic E-state index is 0.0282. The molecule has 85 heavy (non-hydrogen) atoms. The highest BCUT2D eigenvalue weighted by Crippen LogP contribution is 2.14. The summed E-state index contributed by atoms with van der Waals surface area (Å²) in [7, 11) is 0. The number of unbranched alkanes of at least 4 members (excludes halogenated alkanes) is 4. The second kappa shape index (κ2) is 39.6. The number of carbonyl (C=O) groups is 11. The summed E-state index contributed by atoms with van der Waals surface area (Å²) in [6.45, 7) is 6.55. The van der Waals surface area contributed by atoms with Gasteiger partial charge in [-0.15, -0.1) is 0 Å². The number of carbonyl (C=O) groups excluding carboxylic acids is 11. The van der Waals surface area contributed by atoms with Crippen molar-refractivity contribution in [2.75, 3.05) is 39.3 Å². The molecule has 0 spiro atoms. The number of nitrogens with one attached hydrogen (secondary N) is 11. The van der Waals surface area contributed by atoms with E-state index in [1.165, 1.54) is 32.0 Å². The Labute approximate surface area is 496 Å². The number of nitrogens with two attached hydrogens (primary N) is 5. The minimum Gasteiger partial charge on any atom is -0.391 e. The van der Waals surface area contributed by atoms with Gasteiger partial charge in [-0.3, -0.25) is 52.7 Å². The van der Waals surface area contributed by atoms with Gasteiger partial charge in [-0.2, -0.15) is 0 Å². The van der Waals surface area contributed by atoms with E-state index in [0.717, 1.165) is 31.7 Å². The summed E-state index contributed by atoms with van der Waals surface area (Å²) in [6.07, 6.45) is -0.740. The van der Waals surface area contributed by atoms with Crippen molar-refractivity contribution in [3.8, 4) is 0 Å². The Balaban J connectivity index is 2.71. The van der Waals surface area contributed by atoms with E-state index in [1.807, 2.05) is 0 Å². The molecule has 30 heteroatoms. The number of amides is 11. The highest BCUT2D eigenvalue weighted by molar-refractivity contribution is 5.99. The molecular formula is C55H95FN16O13. The van der Waals surface area contributed by atoms with E-state index < -0.39 is 163 Å². The van der Waals surface area contributed by atoms with E-state index in [2.05, 4.69) is 65.4 Å². The van der Waals surface area contributed by atoms with Gasteiger partial charge < -0.3 is 97.4 Å². The van der Waals surface area contributed by atoms with E-state index in [1.54, 1.807) is 13.8 Å². The first-order valence-electron chi connectivity index (χ1n) is 29.3. The second-order valence-electron chi connectivity index (χ2n) is 21.6. The molecule has 480 valence electrons. The standard InChI is InChI=1S/C55H95FN16O13/c1-6-7-8-9-10-15-43(75)63-35(16-22-57)50(80)72-45(32(5)74)55(85)68-38(19-25-60)47(77)67-40-21-27-62-54(84)44(31(4)73)71-51(81)39(20-26-61)65-46(76)36(17-23-58)66-52(82)41(28-30(2)3)69-53(83)42(29-33-13-11-12-14-34(33)56)70-48(78)37(18-24-59)64-49(40)79/h11-14,30-32,35-42,44-45,73-74H,6-10,15-29,57-61H2,1-5H3,(H,62,84)(H,63,75)(H,64,79)(H,65,76)(H,66,82)(H,67,77)(H,68,85)(H,69,83)(H,70,78)(H,71,81)(H,72,80)/t31-,32+,35+,36+,37-,38+,39+,40+,41+,42-,44+,45+/m1/s1. The predicted molar refractivity (Wildman–Crippen MR) is 312 cm³/mol. The van der Waals surface area contributed by atoms with Crippen molar-refractivity contribution in [3.63, 3.8) is 0 Å². The maximum atomic E-state index is 15.3. The van der Waals surface area contributed by atoms with E-state index in [0.29, 0.717) is 6.42 Å². The van der Waals surface area contributed by atoms with Gasteiger partial charge in [0.1, 0.15) is 66.2 Å². The highest BCUT2D eigenvalue weighted by Gasteiger charge is 2.38. The molecule has 1 fully saturated rings. The molecule has 0 aliphatic carbocycles. The van der Waals surface area contributed by atoms with Crippen LogP contribution < -0.4 is 87.2 Å². The van der Waals surface area contributed by atoms with E-state index in [9.17, 15) is 63.0 Å². The third kappa shape index (κ3) is 26.5. The molecule has 0 unspecified atom stereocenters. The first-order valence-corrected chi connectivity index (χ1v) is 29.3. The summed E-state index contributed by atoms with van der Waals surface area (Å²) in [5, 5.41) is 49.1. The van der Waals surface area contributed by atoms with Crippen LogP contribution in [0.15, 0.2) is 24.3 Å². The summed E-state index contributed by atoms with van der Waals surface area (Å²) in [5.41, 5.74) is 29.2. The van der Waals surface area contributed by atoms with Gasteiger partial charge in [-0.1, -0.05) is 64.7 Å². The fraction of sp³-hybridized carbons (Fsp3) is 0.691. The van der Waals surface area contributed by atoms with Gasteiger partial charge >= 0.3 is 0 Å². The van der Waals surface area contributed by atoms with Crippen LogP contribution in [0.3, 0.4) is 0 Å². The first-order chi connectivity index (χ1) is 40.3. The SMILES string of the molecule is CCCCCCCC(=O)N[C@@H](CCN)C(=O)N[C@H](C(=O)N[C@@H](CCN)C(=O)N[C@H]1CCNC(=O)[C@H]([C@@H](C)O)NC(=O)[C@H](CCN)NC(=O)[C@H](CCN)NC(=O)[C@H](CC(C)C)NC(=O)[C@@H](Cc2ccccc2F)NC(=O)[C@@H](CCN)NC1=O)[C@H](C)O. The summed E-state index contributed by atoms with van der Waals surface area (Å²) in [4.78, 5) is 154. The van der Waals surface area contributed by atoms with Crippen LogP contribution in [0.2, 0.25) is 0 Å². The van der Waals surface area contributed by atoms with Crippen molar-refractivity contribution in [2.24, 2.45) is 34.6 Å². The highest BCUT2D eigenvalue weighted by atomic mass is 19.1. The van der Waals surface area contributed by atoms with Gasteiger partial charge in [0.05, 0.1) is 12.2 Å². The molecule has 23 N–H and O–H groups in total. The third-order valence-corrected chi connectivity index (χ3v) is 13.8. The Morgan fingerprint density at radius 1 is 0.588 bits per heavy atom. The lowest BCUT2D eigenvalue weighted by Gasteiger charge is -2.29. The zero-order valence-corrected chi connectivity index (χ0v) is 49.6. The summed E-state index contributed by atoms with van der Waals surface area (Å²) >= 11 is 0. The average Bonchev–Trinajstić information content (AvgIpc) is 3.65. The van der Waals surface area contributed by atoms with Gasteiger partial charge in [-0.05, 0) is 115 Å². The van der Waals surface area contributed by atoms with E-state index in [-0.39, 0.29) is 89.2 Å². The Kier molecular flexibility index (Phi) is 34.6. The zero-order chi connectivity index (χ0) is 63.8. The molecule has 1 aliphatic rings. The predicted octanol–water partition coefficient (Wildman–Crippen LogP) is -5.35. The molecule has 11 amide bonds. The molecule has 0 radical (unpaired) electrons. The number of aliphatic hydroxyl groups is 2. The molecule has 1 saturated heterocycles. The number of hydrogen-bond donors (Lipinski definition) is 18. The molecule has 0 aromatic heterocycles. The Morgan fingerprint density at radius 3 is 1.60 bits per heavy atom. The largest absolute Gasteiger partial charge is 0.391 e. The van der Waals surface area contributed by atoms with Gasteiger partial charge in [0.2, 0.25) is 65.0 Å². The van der Waals surface area contributed by atoms with Crippen molar-refractivity contribution in [1.82, 2.24) is 58.5 Å². The van der Waals surface area contributed by atoms with Crippen LogP contribution in [0.5, 0.6) is 0 Å². The fourth-order valence-electron chi connectivity index (χ4n) is 9.06. The number of hydrogen-bond acceptors (Lipinski definition) is 18. The molecule has 29 nitrogen and oxygen atoms in total.